The number of hydrogen-bond acceptors (Lipinski definition) is 1. The van der Waals surface area contributed by atoms with Crippen molar-refractivity contribution in [2.24, 2.45) is 0 Å². The van der Waals surface area contributed by atoms with Crippen molar-refractivity contribution in [1.29, 1.82) is 0 Å². The van der Waals surface area contributed by atoms with Crippen LogP contribution in [0.1, 0.15) is 46.7 Å². The highest BCUT2D eigenvalue weighted by molar-refractivity contribution is 5.49. The maximum Gasteiger partial charge on any atom is 0.0210 e. The molecule has 0 saturated heterocycles. The van der Waals surface area contributed by atoms with Gasteiger partial charge in [0.1, 0.15) is 0 Å². The first-order valence-corrected chi connectivity index (χ1v) is 6.27. The zero-order valence-corrected chi connectivity index (χ0v) is 11.6. The van der Waals surface area contributed by atoms with E-state index in [-0.39, 0.29) is 0 Å². The van der Waals surface area contributed by atoms with Crippen LogP contribution in [0, 0.1) is 34.6 Å². The Balaban J connectivity index is 3.08. The summed E-state index contributed by atoms with van der Waals surface area (Å²) >= 11 is 0. The molecular formula is C15H25N. The van der Waals surface area contributed by atoms with E-state index in [2.05, 4.69) is 46.9 Å². The maximum atomic E-state index is 3.51. The Morgan fingerprint density at radius 1 is 0.750 bits per heavy atom. The van der Waals surface area contributed by atoms with Gasteiger partial charge in [-0.3, -0.25) is 0 Å². The Kier molecular flexibility index (Phi) is 4.55. The Hall–Kier alpha value is -0.820. The van der Waals surface area contributed by atoms with Crippen LogP contribution in [0.25, 0.3) is 0 Å². The molecule has 0 spiro atoms. The van der Waals surface area contributed by atoms with Crippen LogP contribution in [0.5, 0.6) is 0 Å². The molecule has 16 heavy (non-hydrogen) atoms. The van der Waals surface area contributed by atoms with E-state index >= 15 is 0 Å². The molecule has 1 aromatic carbocycles. The predicted molar refractivity (Wildman–Crippen MR) is 72.1 cm³/mol. The molecule has 0 fully saturated rings. The van der Waals surface area contributed by atoms with Crippen LogP contribution in [0.4, 0.5) is 0 Å². The Bertz CT molecular complexity index is 349. The first-order valence-electron chi connectivity index (χ1n) is 6.27. The molecule has 1 aromatic rings. The average molecular weight is 219 g/mol. The van der Waals surface area contributed by atoms with Gasteiger partial charge < -0.3 is 5.32 Å². The van der Waals surface area contributed by atoms with E-state index in [9.17, 15) is 0 Å². The first-order chi connectivity index (χ1) is 7.50. The van der Waals surface area contributed by atoms with E-state index in [1.165, 1.54) is 39.8 Å². The summed E-state index contributed by atoms with van der Waals surface area (Å²) in [6.45, 7) is 15.5. The number of rotatable bonds is 4. The van der Waals surface area contributed by atoms with E-state index in [4.69, 9.17) is 0 Å². The van der Waals surface area contributed by atoms with Gasteiger partial charge in [-0.15, -0.1) is 0 Å². The maximum absolute atomic E-state index is 3.51. The smallest absolute Gasteiger partial charge is 0.0210 e. The standard InChI is InChI=1S/C15H25N/c1-7-8-16-9-15-13(5)11(3)10(2)12(4)14(15)6/h16H,7-9H2,1-6H3. The monoisotopic (exact) mass is 219 g/mol. The van der Waals surface area contributed by atoms with Crippen molar-refractivity contribution in [3.05, 3.63) is 33.4 Å². The lowest BCUT2D eigenvalue weighted by molar-refractivity contribution is 0.670. The van der Waals surface area contributed by atoms with Gasteiger partial charge in [-0.2, -0.15) is 0 Å². The lowest BCUT2D eigenvalue weighted by atomic mass is 9.89. The van der Waals surface area contributed by atoms with E-state index in [1.807, 2.05) is 0 Å². The number of hydrogen-bond donors (Lipinski definition) is 1. The molecule has 0 unspecified atom stereocenters. The fraction of sp³-hybridized carbons (Fsp3) is 0.600. The minimum Gasteiger partial charge on any atom is -0.313 e. The van der Waals surface area contributed by atoms with Gasteiger partial charge in [0.05, 0.1) is 0 Å². The topological polar surface area (TPSA) is 12.0 Å². The SMILES string of the molecule is CCCNCc1c(C)c(C)c(C)c(C)c1C. The average Bonchev–Trinajstić information content (AvgIpc) is 2.28. The third-order valence-corrected chi connectivity index (χ3v) is 3.88. The van der Waals surface area contributed by atoms with Gasteiger partial charge >= 0.3 is 0 Å². The van der Waals surface area contributed by atoms with Gasteiger partial charge in [0, 0.05) is 6.54 Å². The molecule has 0 aliphatic carbocycles. The summed E-state index contributed by atoms with van der Waals surface area (Å²) in [5, 5.41) is 3.51. The molecule has 0 aliphatic heterocycles. The molecule has 1 N–H and O–H groups in total. The summed E-state index contributed by atoms with van der Waals surface area (Å²) in [6.07, 6.45) is 1.20. The van der Waals surface area contributed by atoms with Crippen LogP contribution >= 0.6 is 0 Å². The largest absolute Gasteiger partial charge is 0.313 e. The van der Waals surface area contributed by atoms with E-state index in [0.717, 1.165) is 13.1 Å². The Morgan fingerprint density at radius 3 is 1.62 bits per heavy atom. The summed E-state index contributed by atoms with van der Waals surface area (Å²) in [5.74, 6) is 0. The molecule has 0 bridgehead atoms. The number of benzene rings is 1. The second-order valence-electron chi connectivity index (χ2n) is 4.78. The minimum atomic E-state index is 1.01. The third-order valence-electron chi connectivity index (χ3n) is 3.88. The van der Waals surface area contributed by atoms with Gasteiger partial charge in [0.2, 0.25) is 0 Å². The highest BCUT2D eigenvalue weighted by atomic mass is 14.8. The molecule has 0 aromatic heterocycles. The van der Waals surface area contributed by atoms with Crippen LogP contribution in [-0.2, 0) is 6.54 Å². The van der Waals surface area contributed by atoms with Gasteiger partial charge in [-0.05, 0) is 81.0 Å². The summed E-state index contributed by atoms with van der Waals surface area (Å²) in [4.78, 5) is 0. The van der Waals surface area contributed by atoms with Gasteiger partial charge in [0.25, 0.3) is 0 Å². The van der Waals surface area contributed by atoms with Crippen molar-refractivity contribution in [2.75, 3.05) is 6.54 Å². The molecule has 0 aliphatic rings. The number of nitrogens with one attached hydrogen (secondary N) is 1. The quantitative estimate of drug-likeness (QED) is 0.761. The van der Waals surface area contributed by atoms with Crippen molar-refractivity contribution in [3.63, 3.8) is 0 Å². The molecule has 0 atom stereocenters. The Morgan fingerprint density at radius 2 is 1.19 bits per heavy atom. The lowest BCUT2D eigenvalue weighted by Crippen LogP contribution is -2.17. The predicted octanol–water partition coefficient (Wildman–Crippen LogP) is 3.73. The highest BCUT2D eigenvalue weighted by Gasteiger charge is 2.11. The van der Waals surface area contributed by atoms with Crippen molar-refractivity contribution in [3.8, 4) is 0 Å². The highest BCUT2D eigenvalue weighted by Crippen LogP contribution is 2.25. The second kappa shape index (κ2) is 5.49. The lowest BCUT2D eigenvalue weighted by Gasteiger charge is -2.19. The fourth-order valence-corrected chi connectivity index (χ4v) is 2.23. The van der Waals surface area contributed by atoms with Crippen LogP contribution < -0.4 is 5.32 Å². The molecule has 0 saturated carbocycles. The van der Waals surface area contributed by atoms with Crippen molar-refractivity contribution >= 4 is 0 Å². The summed E-state index contributed by atoms with van der Waals surface area (Å²) in [6, 6.07) is 0. The molecule has 1 heteroatoms. The van der Waals surface area contributed by atoms with E-state index in [0.29, 0.717) is 0 Å². The van der Waals surface area contributed by atoms with E-state index < -0.39 is 0 Å². The fourth-order valence-electron chi connectivity index (χ4n) is 2.23. The van der Waals surface area contributed by atoms with Crippen molar-refractivity contribution < 1.29 is 0 Å². The van der Waals surface area contributed by atoms with Gasteiger partial charge in [-0.1, -0.05) is 6.92 Å². The van der Waals surface area contributed by atoms with Gasteiger partial charge in [-0.25, -0.2) is 0 Å². The molecule has 0 amide bonds. The molecule has 1 rings (SSSR count). The van der Waals surface area contributed by atoms with Crippen LogP contribution in [-0.4, -0.2) is 6.54 Å². The molecule has 0 heterocycles. The van der Waals surface area contributed by atoms with Crippen LogP contribution in [0.15, 0.2) is 0 Å². The molecule has 1 nitrogen and oxygen atoms in total. The van der Waals surface area contributed by atoms with Crippen LogP contribution in [0.3, 0.4) is 0 Å². The normalized spacial score (nSPS) is 10.9. The molecular weight excluding hydrogens is 194 g/mol. The van der Waals surface area contributed by atoms with Crippen molar-refractivity contribution in [2.45, 2.75) is 54.5 Å². The van der Waals surface area contributed by atoms with Crippen molar-refractivity contribution in [1.82, 2.24) is 5.32 Å². The zero-order valence-electron chi connectivity index (χ0n) is 11.6. The van der Waals surface area contributed by atoms with Gasteiger partial charge in [0.15, 0.2) is 0 Å². The molecule has 90 valence electrons. The van der Waals surface area contributed by atoms with E-state index in [1.54, 1.807) is 0 Å². The summed E-state index contributed by atoms with van der Waals surface area (Å²) in [7, 11) is 0. The third kappa shape index (κ3) is 2.46. The first kappa shape index (κ1) is 13.2. The van der Waals surface area contributed by atoms with Crippen LogP contribution in [0.2, 0.25) is 0 Å². The Labute approximate surface area is 100 Å². The second-order valence-corrected chi connectivity index (χ2v) is 4.78. The summed E-state index contributed by atoms with van der Waals surface area (Å²) in [5.41, 5.74) is 8.78. The summed E-state index contributed by atoms with van der Waals surface area (Å²) < 4.78 is 0. The molecule has 0 radical (unpaired) electrons. The zero-order chi connectivity index (χ0) is 12.3. The minimum absolute atomic E-state index is 1.01.